The molecule has 2 bridgehead atoms. The number of pyridine rings is 2. The summed E-state index contributed by atoms with van der Waals surface area (Å²) in [6.45, 7) is 4.59. The van der Waals surface area contributed by atoms with Crippen molar-refractivity contribution in [3.05, 3.63) is 36.0 Å². The Morgan fingerprint density at radius 1 is 1.02 bits per heavy atom. The van der Waals surface area contributed by atoms with Crippen LogP contribution in [0.15, 0.2) is 30.5 Å². The summed E-state index contributed by atoms with van der Waals surface area (Å²) in [5, 5.41) is 1.06. The summed E-state index contributed by atoms with van der Waals surface area (Å²) in [6.07, 6.45) is 8.26. The first-order valence-corrected chi connectivity index (χ1v) is 15.4. The standard InChI is InChI=1S/C32H39N7O3/c1-32(42-3)12-19(13-32)16-39-29-23(10-22(14-34-29)31(40)38-17-21-6-8-24(38)27(21)33)35-30(39)25-11-20-7-9-26(41-2)36-28(20)37(25)15-18-4-5-18/h7,9-11,14,18-19,21,24,27H,4-6,8,12-13,15-17,33H2,1-3H3/t19-,21-,24-,27-,32+/m1/s1. The van der Waals surface area contributed by atoms with Crippen LogP contribution in [0, 0.1) is 17.8 Å². The van der Waals surface area contributed by atoms with Gasteiger partial charge >= 0.3 is 0 Å². The first-order valence-electron chi connectivity index (χ1n) is 15.4. The molecule has 4 fully saturated rings. The Labute approximate surface area is 245 Å². The average molecular weight is 570 g/mol. The third-order valence-electron chi connectivity index (χ3n) is 10.4. The Morgan fingerprint density at radius 2 is 1.83 bits per heavy atom. The van der Waals surface area contributed by atoms with E-state index in [-0.39, 0.29) is 23.6 Å². The molecule has 4 aromatic heterocycles. The zero-order chi connectivity index (χ0) is 28.7. The molecule has 5 heterocycles. The molecule has 1 amide bonds. The number of aromatic nitrogens is 5. The molecule has 10 nitrogen and oxygen atoms in total. The smallest absolute Gasteiger partial charge is 0.255 e. The Hall–Kier alpha value is -3.50. The number of amides is 1. The van der Waals surface area contributed by atoms with Crippen molar-refractivity contribution in [2.24, 2.45) is 23.5 Å². The molecule has 8 rings (SSSR count). The topological polar surface area (TPSA) is 113 Å². The van der Waals surface area contributed by atoms with Crippen LogP contribution in [0.2, 0.25) is 0 Å². The van der Waals surface area contributed by atoms with Gasteiger partial charge in [-0.1, -0.05) is 0 Å². The van der Waals surface area contributed by atoms with E-state index in [9.17, 15) is 4.79 Å². The van der Waals surface area contributed by atoms with Crippen molar-refractivity contribution in [2.75, 3.05) is 20.8 Å². The third-order valence-corrected chi connectivity index (χ3v) is 10.4. The zero-order valence-corrected chi connectivity index (χ0v) is 24.6. The van der Waals surface area contributed by atoms with Crippen LogP contribution >= 0.6 is 0 Å². The number of carbonyl (C=O) groups excluding carboxylic acids is 1. The van der Waals surface area contributed by atoms with Crippen LogP contribution < -0.4 is 10.5 Å². The number of methoxy groups -OCH3 is 2. The predicted molar refractivity (Wildman–Crippen MR) is 159 cm³/mol. The number of rotatable bonds is 8. The van der Waals surface area contributed by atoms with E-state index in [1.165, 1.54) is 12.8 Å². The van der Waals surface area contributed by atoms with E-state index >= 15 is 0 Å². The lowest BCUT2D eigenvalue weighted by atomic mass is 9.72. The van der Waals surface area contributed by atoms with Gasteiger partial charge in [-0.15, -0.1) is 0 Å². The minimum Gasteiger partial charge on any atom is -0.481 e. The zero-order valence-electron chi connectivity index (χ0n) is 24.6. The maximum absolute atomic E-state index is 13.6. The molecule has 3 aliphatic carbocycles. The molecule has 4 aliphatic rings. The van der Waals surface area contributed by atoms with Crippen LogP contribution in [0.25, 0.3) is 33.7 Å². The molecule has 0 radical (unpaired) electrons. The van der Waals surface area contributed by atoms with Gasteiger partial charge in [-0.05, 0) is 81.4 Å². The lowest BCUT2D eigenvalue weighted by Gasteiger charge is -2.44. The molecule has 0 aromatic carbocycles. The van der Waals surface area contributed by atoms with Crippen molar-refractivity contribution in [3.63, 3.8) is 0 Å². The number of hydrogen-bond donors (Lipinski definition) is 1. The van der Waals surface area contributed by atoms with Gasteiger partial charge in [0.2, 0.25) is 5.88 Å². The maximum Gasteiger partial charge on any atom is 0.255 e. The SMILES string of the molecule is COc1ccc2cc(-c3nc4cc(C(=O)N5C[C@H]6CC[C@@H]5[C@@H]6N)cnc4n3C[C@H]3C[C@@](C)(OC)C3)n(CC3CC3)c2n1. The normalized spacial score (nSPS) is 28.6. The quantitative estimate of drug-likeness (QED) is 0.338. The Balaban J connectivity index is 1.23. The van der Waals surface area contributed by atoms with Gasteiger partial charge in [0.1, 0.15) is 11.2 Å². The van der Waals surface area contributed by atoms with Crippen LogP contribution in [0.3, 0.4) is 0 Å². The van der Waals surface area contributed by atoms with Gasteiger partial charge in [-0.2, -0.15) is 4.98 Å². The highest BCUT2D eigenvalue weighted by Crippen LogP contribution is 2.43. The predicted octanol–water partition coefficient (Wildman–Crippen LogP) is 4.24. The molecule has 0 spiro atoms. The lowest BCUT2D eigenvalue weighted by Crippen LogP contribution is -2.44. The van der Waals surface area contributed by atoms with Crippen LogP contribution in [-0.4, -0.2) is 73.3 Å². The molecule has 42 heavy (non-hydrogen) atoms. The van der Waals surface area contributed by atoms with Crippen molar-refractivity contribution < 1.29 is 14.3 Å². The van der Waals surface area contributed by atoms with E-state index in [0.29, 0.717) is 29.2 Å². The molecule has 2 N–H and O–H groups in total. The van der Waals surface area contributed by atoms with E-state index in [2.05, 4.69) is 28.2 Å². The fraction of sp³-hybridized carbons (Fsp3) is 0.562. The van der Waals surface area contributed by atoms with E-state index < -0.39 is 0 Å². The van der Waals surface area contributed by atoms with Crippen molar-refractivity contribution in [3.8, 4) is 17.4 Å². The summed E-state index contributed by atoms with van der Waals surface area (Å²) in [5.74, 6) is 2.98. The number of imidazole rings is 1. The fourth-order valence-electron chi connectivity index (χ4n) is 7.81. The number of piperidine rings is 1. The van der Waals surface area contributed by atoms with E-state index in [1.807, 2.05) is 17.0 Å². The molecule has 220 valence electrons. The first kappa shape index (κ1) is 26.2. The number of likely N-dealkylation sites (tertiary alicyclic amines) is 1. The van der Waals surface area contributed by atoms with E-state index in [4.69, 9.17) is 30.2 Å². The Kier molecular flexibility index (Phi) is 5.92. The number of hydrogen-bond acceptors (Lipinski definition) is 7. The largest absolute Gasteiger partial charge is 0.481 e. The van der Waals surface area contributed by atoms with Crippen molar-refractivity contribution in [1.82, 2.24) is 29.0 Å². The molecule has 3 saturated carbocycles. The van der Waals surface area contributed by atoms with Gasteiger partial charge in [0.05, 0.1) is 24.0 Å². The van der Waals surface area contributed by atoms with Crippen LogP contribution in [0.5, 0.6) is 5.88 Å². The van der Waals surface area contributed by atoms with Gasteiger partial charge in [0.25, 0.3) is 5.91 Å². The van der Waals surface area contributed by atoms with Crippen molar-refractivity contribution >= 4 is 28.1 Å². The Bertz CT molecular complexity index is 1700. The number of carbonyl (C=O) groups is 1. The summed E-state index contributed by atoms with van der Waals surface area (Å²) in [7, 11) is 3.45. The summed E-state index contributed by atoms with van der Waals surface area (Å²) in [4.78, 5) is 30.5. The molecule has 10 heteroatoms. The molecule has 3 atom stereocenters. The minimum absolute atomic E-state index is 0.0112. The van der Waals surface area contributed by atoms with E-state index in [1.54, 1.807) is 20.4 Å². The first-order chi connectivity index (χ1) is 20.3. The number of fused-ring (bicyclic) bond motifs is 4. The Morgan fingerprint density at radius 3 is 2.52 bits per heavy atom. The van der Waals surface area contributed by atoms with Crippen LogP contribution in [-0.2, 0) is 17.8 Å². The van der Waals surface area contributed by atoms with Gasteiger partial charge in [0.15, 0.2) is 11.5 Å². The van der Waals surface area contributed by atoms with Crippen LogP contribution in [0.1, 0.15) is 55.8 Å². The second-order valence-electron chi connectivity index (χ2n) is 13.3. The lowest BCUT2D eigenvalue weighted by molar-refractivity contribution is -0.0937. The number of ether oxygens (including phenoxy) is 2. The highest BCUT2D eigenvalue weighted by Gasteiger charge is 2.47. The summed E-state index contributed by atoms with van der Waals surface area (Å²) >= 11 is 0. The van der Waals surface area contributed by atoms with Gasteiger partial charge in [-0.25, -0.2) is 9.97 Å². The fourth-order valence-corrected chi connectivity index (χ4v) is 7.81. The highest BCUT2D eigenvalue weighted by molar-refractivity contribution is 5.97. The van der Waals surface area contributed by atoms with Gasteiger partial charge in [-0.3, -0.25) is 4.79 Å². The number of nitrogens with zero attached hydrogens (tertiary/aromatic N) is 6. The minimum atomic E-state index is -0.0778. The second-order valence-corrected chi connectivity index (χ2v) is 13.3. The molecular weight excluding hydrogens is 530 g/mol. The summed E-state index contributed by atoms with van der Waals surface area (Å²) < 4.78 is 15.8. The van der Waals surface area contributed by atoms with Crippen LogP contribution in [0.4, 0.5) is 0 Å². The third kappa shape index (κ3) is 4.13. The second kappa shape index (κ2) is 9.50. The summed E-state index contributed by atoms with van der Waals surface area (Å²) in [5.41, 5.74) is 10.4. The molecular formula is C32H39N7O3. The van der Waals surface area contributed by atoms with Gasteiger partial charge in [0, 0.05) is 56.5 Å². The number of nitrogens with two attached hydrogens (primary N) is 1. The molecule has 4 aromatic rings. The molecule has 1 saturated heterocycles. The molecule has 0 unspecified atom stereocenters. The van der Waals surface area contributed by atoms with Gasteiger partial charge < -0.3 is 29.2 Å². The van der Waals surface area contributed by atoms with Crippen molar-refractivity contribution in [2.45, 2.75) is 76.2 Å². The highest BCUT2D eigenvalue weighted by atomic mass is 16.5. The van der Waals surface area contributed by atoms with E-state index in [0.717, 1.165) is 79.0 Å². The average Bonchev–Trinajstić information content (AvgIpc) is 3.37. The monoisotopic (exact) mass is 569 g/mol. The molecule has 1 aliphatic heterocycles. The van der Waals surface area contributed by atoms with Crippen molar-refractivity contribution in [1.29, 1.82) is 0 Å². The summed E-state index contributed by atoms with van der Waals surface area (Å²) in [6, 6.07) is 8.31. The maximum atomic E-state index is 13.6.